The highest BCUT2D eigenvalue weighted by molar-refractivity contribution is 5.93. The van der Waals surface area contributed by atoms with Crippen LogP contribution >= 0.6 is 0 Å². The van der Waals surface area contributed by atoms with Crippen LogP contribution in [0.4, 0.5) is 0 Å². The van der Waals surface area contributed by atoms with E-state index in [0.717, 1.165) is 13.0 Å². The summed E-state index contributed by atoms with van der Waals surface area (Å²) in [4.78, 5) is 27.2. The molecule has 5 nitrogen and oxygen atoms in total. The zero-order chi connectivity index (χ0) is 16.1. The highest BCUT2D eigenvalue weighted by Gasteiger charge is 2.29. The Labute approximate surface area is 131 Å². The molecule has 1 aromatic rings. The number of methoxy groups -OCH3 is 1. The van der Waals surface area contributed by atoms with E-state index in [1.165, 1.54) is 5.56 Å². The fraction of sp³-hybridized carbons (Fsp3) is 0.529. The maximum Gasteiger partial charge on any atom is 0.253 e. The summed E-state index contributed by atoms with van der Waals surface area (Å²) in [7, 11) is 5.14. The zero-order valence-electron chi connectivity index (χ0n) is 13.5. The summed E-state index contributed by atoms with van der Waals surface area (Å²) in [5, 5.41) is 0. The molecule has 0 N–H and O–H groups in total. The largest absolute Gasteiger partial charge is 0.383 e. The van der Waals surface area contributed by atoms with Crippen molar-refractivity contribution in [3.05, 3.63) is 35.4 Å². The van der Waals surface area contributed by atoms with E-state index in [0.29, 0.717) is 31.1 Å². The third-order valence-electron chi connectivity index (χ3n) is 3.99. The minimum Gasteiger partial charge on any atom is -0.383 e. The molecule has 2 amide bonds. The molecule has 1 saturated heterocycles. The molecule has 0 spiro atoms. The number of hydrogen-bond acceptors (Lipinski definition) is 3. The normalized spacial score (nSPS) is 17.9. The Morgan fingerprint density at radius 3 is 2.59 bits per heavy atom. The first-order chi connectivity index (χ1) is 10.5. The minimum atomic E-state index is 0.00772. The van der Waals surface area contributed by atoms with Crippen molar-refractivity contribution in [3.8, 4) is 0 Å². The lowest BCUT2D eigenvalue weighted by Crippen LogP contribution is -2.28. The van der Waals surface area contributed by atoms with Crippen molar-refractivity contribution >= 4 is 11.8 Å². The average Bonchev–Trinajstić information content (AvgIpc) is 2.84. The molecule has 120 valence electrons. The van der Waals surface area contributed by atoms with Crippen LogP contribution in [-0.4, -0.2) is 62.5 Å². The first-order valence-corrected chi connectivity index (χ1v) is 7.58. The van der Waals surface area contributed by atoms with E-state index in [2.05, 4.69) is 0 Å². The summed E-state index contributed by atoms with van der Waals surface area (Å²) >= 11 is 0. The first kappa shape index (κ1) is 16.5. The Kier molecular flexibility index (Phi) is 5.55. The van der Waals surface area contributed by atoms with E-state index >= 15 is 0 Å². The molecule has 5 heteroatoms. The van der Waals surface area contributed by atoms with Crippen LogP contribution in [0, 0.1) is 5.92 Å². The highest BCUT2D eigenvalue weighted by atomic mass is 16.5. The summed E-state index contributed by atoms with van der Waals surface area (Å²) in [5.74, 6) is 0.564. The molecule has 1 atom stereocenters. The van der Waals surface area contributed by atoms with Crippen LogP contribution in [0.3, 0.4) is 0 Å². The molecule has 1 heterocycles. The Morgan fingerprint density at radius 2 is 2.00 bits per heavy atom. The van der Waals surface area contributed by atoms with Gasteiger partial charge in [-0.05, 0) is 30.0 Å². The number of benzene rings is 1. The van der Waals surface area contributed by atoms with Gasteiger partial charge >= 0.3 is 0 Å². The molecular formula is C17H24N2O3. The topological polar surface area (TPSA) is 49.9 Å². The highest BCUT2D eigenvalue weighted by Crippen LogP contribution is 2.22. The van der Waals surface area contributed by atoms with Gasteiger partial charge in [0, 0.05) is 46.3 Å². The van der Waals surface area contributed by atoms with Gasteiger partial charge in [-0.3, -0.25) is 9.59 Å². The maximum absolute atomic E-state index is 11.9. The number of rotatable bonds is 6. The molecule has 1 aliphatic rings. The fourth-order valence-corrected chi connectivity index (χ4v) is 2.78. The lowest BCUT2D eigenvalue weighted by atomic mass is 9.97. The standard InChI is InChI=1S/C17H24N2O3/c1-18(2)17(21)15-6-4-13(5-7-15)10-14-11-16(20)19(12-14)8-9-22-3/h4-7,14H,8-12H2,1-3H3/t14-/m0/s1. The predicted octanol–water partition coefficient (Wildman–Crippen LogP) is 1.43. The van der Waals surface area contributed by atoms with Gasteiger partial charge in [0.15, 0.2) is 0 Å². The molecule has 0 bridgehead atoms. The van der Waals surface area contributed by atoms with Crippen LogP contribution in [0.2, 0.25) is 0 Å². The Bertz CT molecular complexity index is 525. The molecule has 1 aromatic carbocycles. The summed E-state index contributed by atoms with van der Waals surface area (Å²) < 4.78 is 5.03. The summed E-state index contributed by atoms with van der Waals surface area (Å²) in [6.45, 7) is 2.04. The van der Waals surface area contributed by atoms with E-state index in [1.54, 1.807) is 26.1 Å². The lowest BCUT2D eigenvalue weighted by Gasteiger charge is -2.16. The van der Waals surface area contributed by atoms with Gasteiger partial charge in [-0.2, -0.15) is 0 Å². The van der Waals surface area contributed by atoms with Crippen LogP contribution in [0.5, 0.6) is 0 Å². The zero-order valence-corrected chi connectivity index (χ0v) is 13.5. The van der Waals surface area contributed by atoms with Crippen molar-refractivity contribution in [2.45, 2.75) is 12.8 Å². The van der Waals surface area contributed by atoms with Crippen molar-refractivity contribution in [2.75, 3.05) is 40.9 Å². The van der Waals surface area contributed by atoms with Crippen molar-refractivity contribution in [1.29, 1.82) is 0 Å². The molecule has 22 heavy (non-hydrogen) atoms. The number of nitrogens with zero attached hydrogens (tertiary/aromatic N) is 2. The molecule has 1 fully saturated rings. The molecule has 0 unspecified atom stereocenters. The number of likely N-dealkylation sites (tertiary alicyclic amines) is 1. The van der Waals surface area contributed by atoms with E-state index in [1.807, 2.05) is 29.2 Å². The van der Waals surface area contributed by atoms with Crippen LogP contribution in [0.15, 0.2) is 24.3 Å². The Balaban J connectivity index is 1.92. The summed E-state index contributed by atoms with van der Waals surface area (Å²) in [6.07, 6.45) is 1.47. The number of amides is 2. The smallest absolute Gasteiger partial charge is 0.253 e. The second-order valence-electron chi connectivity index (χ2n) is 6.00. The number of ether oxygens (including phenoxy) is 1. The summed E-state index contributed by atoms with van der Waals surface area (Å²) in [6, 6.07) is 7.69. The second kappa shape index (κ2) is 7.40. The third-order valence-corrected chi connectivity index (χ3v) is 3.99. The van der Waals surface area contributed by atoms with Crippen LogP contribution in [0.1, 0.15) is 22.3 Å². The molecular weight excluding hydrogens is 280 g/mol. The van der Waals surface area contributed by atoms with Crippen LogP contribution in [-0.2, 0) is 16.0 Å². The van der Waals surface area contributed by atoms with E-state index in [9.17, 15) is 9.59 Å². The van der Waals surface area contributed by atoms with Crippen LogP contribution < -0.4 is 0 Å². The molecule has 0 saturated carbocycles. The average molecular weight is 304 g/mol. The van der Waals surface area contributed by atoms with Gasteiger partial charge in [-0.25, -0.2) is 0 Å². The number of carbonyl (C=O) groups is 2. The van der Waals surface area contributed by atoms with E-state index in [-0.39, 0.29) is 11.8 Å². The van der Waals surface area contributed by atoms with Crippen molar-refractivity contribution in [1.82, 2.24) is 9.80 Å². The van der Waals surface area contributed by atoms with Gasteiger partial charge in [0.1, 0.15) is 0 Å². The van der Waals surface area contributed by atoms with Crippen molar-refractivity contribution in [3.63, 3.8) is 0 Å². The fourth-order valence-electron chi connectivity index (χ4n) is 2.78. The maximum atomic E-state index is 11.9. The van der Waals surface area contributed by atoms with Gasteiger partial charge in [0.25, 0.3) is 5.91 Å². The summed E-state index contributed by atoms with van der Waals surface area (Å²) in [5.41, 5.74) is 1.86. The monoisotopic (exact) mass is 304 g/mol. The second-order valence-corrected chi connectivity index (χ2v) is 6.00. The van der Waals surface area contributed by atoms with Gasteiger partial charge in [-0.15, -0.1) is 0 Å². The Morgan fingerprint density at radius 1 is 1.32 bits per heavy atom. The molecule has 2 rings (SSSR count). The molecule has 0 aromatic heterocycles. The number of carbonyl (C=O) groups excluding carboxylic acids is 2. The first-order valence-electron chi connectivity index (χ1n) is 7.58. The third kappa shape index (κ3) is 4.07. The Hall–Kier alpha value is -1.88. The predicted molar refractivity (Wildman–Crippen MR) is 84.7 cm³/mol. The van der Waals surface area contributed by atoms with Gasteiger partial charge in [0.2, 0.25) is 5.91 Å². The van der Waals surface area contributed by atoms with Gasteiger partial charge in [-0.1, -0.05) is 12.1 Å². The van der Waals surface area contributed by atoms with Gasteiger partial charge in [0.05, 0.1) is 6.61 Å². The number of hydrogen-bond donors (Lipinski definition) is 0. The van der Waals surface area contributed by atoms with Crippen molar-refractivity contribution in [2.24, 2.45) is 5.92 Å². The molecule has 0 radical (unpaired) electrons. The lowest BCUT2D eigenvalue weighted by molar-refractivity contribution is -0.128. The quantitative estimate of drug-likeness (QED) is 0.799. The molecule has 1 aliphatic heterocycles. The van der Waals surface area contributed by atoms with Crippen molar-refractivity contribution < 1.29 is 14.3 Å². The van der Waals surface area contributed by atoms with Crippen LogP contribution in [0.25, 0.3) is 0 Å². The van der Waals surface area contributed by atoms with E-state index in [4.69, 9.17) is 4.74 Å². The minimum absolute atomic E-state index is 0.00772. The van der Waals surface area contributed by atoms with E-state index < -0.39 is 0 Å². The molecule has 0 aliphatic carbocycles. The SMILES string of the molecule is COCCN1C[C@@H](Cc2ccc(C(=O)N(C)C)cc2)CC1=O. The van der Waals surface area contributed by atoms with Gasteiger partial charge < -0.3 is 14.5 Å².